The molecule has 7 heteroatoms. The summed E-state index contributed by atoms with van der Waals surface area (Å²) in [6.45, 7) is 5.29. The van der Waals surface area contributed by atoms with Crippen LogP contribution < -0.4 is 20.1 Å². The minimum atomic E-state index is -0.644. The van der Waals surface area contributed by atoms with Gasteiger partial charge in [-0.25, -0.2) is 0 Å². The van der Waals surface area contributed by atoms with Crippen molar-refractivity contribution in [1.29, 1.82) is 0 Å². The van der Waals surface area contributed by atoms with E-state index >= 15 is 0 Å². The quantitative estimate of drug-likeness (QED) is 0.723. The molecule has 2 aromatic carbocycles. The van der Waals surface area contributed by atoms with E-state index in [1.807, 2.05) is 32.0 Å². The molecular weight excluding hydrogens is 392 g/mol. The number of nitrogens with one attached hydrogen (secondary N) is 2. The van der Waals surface area contributed by atoms with Crippen molar-refractivity contribution in [3.63, 3.8) is 0 Å². The van der Waals surface area contributed by atoms with Gasteiger partial charge >= 0.3 is 0 Å². The number of carbonyl (C=O) groups is 2. The van der Waals surface area contributed by atoms with Gasteiger partial charge in [0, 0.05) is 22.7 Å². The van der Waals surface area contributed by atoms with Crippen molar-refractivity contribution < 1.29 is 19.1 Å². The molecule has 0 radical (unpaired) electrons. The van der Waals surface area contributed by atoms with Gasteiger partial charge in [-0.2, -0.15) is 0 Å². The molecule has 0 bridgehead atoms. The number of benzene rings is 2. The first-order valence-corrected chi connectivity index (χ1v) is 10.0. The second kappa shape index (κ2) is 9.65. The zero-order chi connectivity index (χ0) is 20.8. The van der Waals surface area contributed by atoms with Crippen LogP contribution in [0.25, 0.3) is 0 Å². The predicted molar refractivity (Wildman–Crippen MR) is 111 cm³/mol. The van der Waals surface area contributed by atoms with Crippen LogP contribution in [0.1, 0.15) is 36.2 Å². The zero-order valence-corrected chi connectivity index (χ0v) is 17.3. The molecule has 1 heterocycles. The Labute approximate surface area is 175 Å². The van der Waals surface area contributed by atoms with E-state index in [4.69, 9.17) is 21.1 Å². The minimum absolute atomic E-state index is 0.234. The van der Waals surface area contributed by atoms with Crippen LogP contribution in [0.4, 0.5) is 0 Å². The fourth-order valence-electron chi connectivity index (χ4n) is 3.12. The van der Waals surface area contributed by atoms with Gasteiger partial charge in [0.05, 0.1) is 0 Å². The summed E-state index contributed by atoms with van der Waals surface area (Å²) in [6.07, 6.45) is 0.525. The van der Waals surface area contributed by atoms with Gasteiger partial charge in [0.25, 0.3) is 5.91 Å². The Morgan fingerprint density at radius 1 is 1.07 bits per heavy atom. The Hall–Kier alpha value is -2.73. The fraction of sp³-hybridized carbons (Fsp3) is 0.364. The maximum atomic E-state index is 12.8. The van der Waals surface area contributed by atoms with Gasteiger partial charge in [0.1, 0.15) is 19.3 Å². The van der Waals surface area contributed by atoms with Crippen molar-refractivity contribution >= 4 is 23.4 Å². The number of fused-ring (bicyclic) bond motifs is 1. The number of carbonyl (C=O) groups excluding carboxylic acids is 2. The van der Waals surface area contributed by atoms with Gasteiger partial charge in [-0.05, 0) is 42.7 Å². The van der Waals surface area contributed by atoms with Crippen LogP contribution in [-0.2, 0) is 11.3 Å². The third kappa shape index (κ3) is 5.64. The van der Waals surface area contributed by atoms with Gasteiger partial charge in [-0.3, -0.25) is 9.59 Å². The second-order valence-electron chi connectivity index (χ2n) is 7.32. The SMILES string of the molecule is CC(C)CC(NC(=O)c1ccc(Cl)cc1)C(=O)NCc1cccc2c1OCCO2. The maximum Gasteiger partial charge on any atom is 0.251 e. The van der Waals surface area contributed by atoms with Crippen molar-refractivity contribution in [2.45, 2.75) is 32.9 Å². The number of hydrogen-bond acceptors (Lipinski definition) is 4. The molecule has 0 fully saturated rings. The van der Waals surface area contributed by atoms with Crippen LogP contribution in [0.15, 0.2) is 42.5 Å². The number of rotatable bonds is 7. The number of hydrogen-bond donors (Lipinski definition) is 2. The standard InChI is InChI=1S/C22H25ClN2O4/c1-14(2)12-18(25-21(26)15-6-8-17(23)9-7-15)22(27)24-13-16-4-3-5-19-20(16)29-11-10-28-19/h3-9,14,18H,10-13H2,1-2H3,(H,24,27)(H,25,26). The molecule has 1 aliphatic heterocycles. The van der Waals surface area contributed by atoms with Crippen molar-refractivity contribution in [3.05, 3.63) is 58.6 Å². The summed E-state index contributed by atoms with van der Waals surface area (Å²) >= 11 is 5.88. The largest absolute Gasteiger partial charge is 0.486 e. The monoisotopic (exact) mass is 416 g/mol. The summed E-state index contributed by atoms with van der Waals surface area (Å²) in [5.41, 5.74) is 1.29. The summed E-state index contributed by atoms with van der Waals surface area (Å²) in [7, 11) is 0. The molecule has 2 aromatic rings. The van der Waals surface area contributed by atoms with Gasteiger partial charge in [-0.1, -0.05) is 37.6 Å². The normalized spacial score (nSPS) is 13.7. The number of halogens is 1. The van der Waals surface area contributed by atoms with E-state index in [9.17, 15) is 9.59 Å². The van der Waals surface area contributed by atoms with E-state index in [2.05, 4.69) is 10.6 Å². The molecule has 0 saturated heterocycles. The summed E-state index contributed by atoms with van der Waals surface area (Å²) in [4.78, 5) is 25.4. The minimum Gasteiger partial charge on any atom is -0.486 e. The molecule has 2 N–H and O–H groups in total. The Bertz CT molecular complexity index is 868. The number of ether oxygens (including phenoxy) is 2. The topological polar surface area (TPSA) is 76.7 Å². The van der Waals surface area contributed by atoms with Crippen LogP contribution in [-0.4, -0.2) is 31.1 Å². The molecule has 1 unspecified atom stereocenters. The first kappa shape index (κ1) is 21.0. The third-order valence-electron chi connectivity index (χ3n) is 4.54. The van der Waals surface area contributed by atoms with Crippen molar-refractivity contribution in [1.82, 2.24) is 10.6 Å². The van der Waals surface area contributed by atoms with Crippen molar-refractivity contribution in [2.75, 3.05) is 13.2 Å². The summed E-state index contributed by atoms with van der Waals surface area (Å²) in [5.74, 6) is 1.02. The lowest BCUT2D eigenvalue weighted by Crippen LogP contribution is -2.47. The van der Waals surface area contributed by atoms with Crippen LogP contribution in [0, 0.1) is 5.92 Å². The summed E-state index contributed by atoms with van der Waals surface area (Å²) in [6, 6.07) is 11.5. The second-order valence-corrected chi connectivity index (χ2v) is 7.76. The van der Waals surface area contributed by atoms with Crippen LogP contribution in [0.5, 0.6) is 11.5 Å². The Kier molecular flexibility index (Phi) is 6.99. The van der Waals surface area contributed by atoms with Gasteiger partial charge in [0.2, 0.25) is 5.91 Å². The van der Waals surface area contributed by atoms with E-state index < -0.39 is 6.04 Å². The molecule has 2 amide bonds. The first-order chi connectivity index (χ1) is 13.9. The smallest absolute Gasteiger partial charge is 0.251 e. The molecule has 6 nitrogen and oxygen atoms in total. The van der Waals surface area contributed by atoms with Gasteiger partial charge in [-0.15, -0.1) is 0 Å². The van der Waals surface area contributed by atoms with Crippen LogP contribution in [0.2, 0.25) is 5.02 Å². The number of para-hydroxylation sites is 1. The van der Waals surface area contributed by atoms with Gasteiger partial charge < -0.3 is 20.1 Å². The molecule has 154 valence electrons. The Balaban J connectivity index is 1.66. The van der Waals surface area contributed by atoms with Crippen LogP contribution >= 0.6 is 11.6 Å². The van der Waals surface area contributed by atoms with E-state index in [1.165, 1.54) is 0 Å². The molecule has 1 aliphatic rings. The molecule has 1 atom stereocenters. The highest BCUT2D eigenvalue weighted by atomic mass is 35.5. The highest BCUT2D eigenvalue weighted by Gasteiger charge is 2.23. The third-order valence-corrected chi connectivity index (χ3v) is 4.79. The van der Waals surface area contributed by atoms with E-state index in [0.717, 1.165) is 5.56 Å². The maximum absolute atomic E-state index is 12.8. The molecule has 29 heavy (non-hydrogen) atoms. The lowest BCUT2D eigenvalue weighted by Gasteiger charge is -2.23. The van der Waals surface area contributed by atoms with E-state index in [-0.39, 0.29) is 24.3 Å². The first-order valence-electron chi connectivity index (χ1n) is 9.65. The van der Waals surface area contributed by atoms with Gasteiger partial charge in [0.15, 0.2) is 11.5 Å². The molecular formula is C22H25ClN2O4. The molecule has 0 aromatic heterocycles. The van der Waals surface area contributed by atoms with Crippen molar-refractivity contribution in [3.8, 4) is 11.5 Å². The van der Waals surface area contributed by atoms with Crippen LogP contribution in [0.3, 0.4) is 0 Å². The molecule has 0 aliphatic carbocycles. The molecule has 3 rings (SSSR count). The zero-order valence-electron chi connectivity index (χ0n) is 16.5. The number of amides is 2. The van der Waals surface area contributed by atoms with E-state index in [0.29, 0.717) is 41.7 Å². The average Bonchev–Trinajstić information content (AvgIpc) is 2.71. The lowest BCUT2D eigenvalue weighted by molar-refractivity contribution is -0.123. The highest BCUT2D eigenvalue weighted by Crippen LogP contribution is 2.33. The van der Waals surface area contributed by atoms with Crippen molar-refractivity contribution in [2.24, 2.45) is 5.92 Å². The summed E-state index contributed by atoms with van der Waals surface area (Å²) in [5, 5.41) is 6.29. The highest BCUT2D eigenvalue weighted by molar-refractivity contribution is 6.30. The average molecular weight is 417 g/mol. The molecule has 0 spiro atoms. The summed E-state index contributed by atoms with van der Waals surface area (Å²) < 4.78 is 11.3. The predicted octanol–water partition coefficient (Wildman–Crippen LogP) is 3.57. The Morgan fingerprint density at radius 2 is 1.79 bits per heavy atom. The Morgan fingerprint density at radius 3 is 2.52 bits per heavy atom. The molecule has 0 saturated carbocycles. The lowest BCUT2D eigenvalue weighted by atomic mass is 10.0. The fourth-order valence-corrected chi connectivity index (χ4v) is 3.25. The van der Waals surface area contributed by atoms with E-state index in [1.54, 1.807) is 24.3 Å².